The van der Waals surface area contributed by atoms with Gasteiger partial charge in [-0.3, -0.25) is 5.10 Å². The van der Waals surface area contributed by atoms with Crippen LogP contribution in [-0.4, -0.2) is 51.4 Å². The summed E-state index contributed by atoms with van der Waals surface area (Å²) < 4.78 is 0. The lowest BCUT2D eigenvalue weighted by Gasteiger charge is -2.30. The van der Waals surface area contributed by atoms with Crippen molar-refractivity contribution in [3.8, 4) is 0 Å². The molecule has 0 aromatic carbocycles. The first-order chi connectivity index (χ1) is 8.29. The van der Waals surface area contributed by atoms with Gasteiger partial charge in [-0.2, -0.15) is 5.10 Å². The number of likely N-dealkylation sites (tertiary alicyclic amines) is 1. The van der Waals surface area contributed by atoms with E-state index in [-0.39, 0.29) is 0 Å². The van der Waals surface area contributed by atoms with Gasteiger partial charge in [-0.05, 0) is 52.2 Å². The van der Waals surface area contributed by atoms with E-state index in [0.717, 1.165) is 57.0 Å². The van der Waals surface area contributed by atoms with E-state index in [1.54, 1.807) is 0 Å². The Kier molecular flexibility index (Phi) is 4.50. The standard InChI is InChI=1S/C12H22N4O/c1-10-13-12(15-14-10)11-4-7-16(8-5-11)6-2-3-9-17/h11,17H,2-9H2,1H3,(H,13,14,15). The first kappa shape index (κ1) is 12.5. The van der Waals surface area contributed by atoms with Crippen LogP contribution in [0.2, 0.25) is 0 Å². The van der Waals surface area contributed by atoms with Gasteiger partial charge in [0.15, 0.2) is 5.82 Å². The Morgan fingerprint density at radius 2 is 2.12 bits per heavy atom. The van der Waals surface area contributed by atoms with Crippen molar-refractivity contribution in [2.45, 2.75) is 38.5 Å². The van der Waals surface area contributed by atoms with E-state index in [0.29, 0.717) is 12.5 Å². The minimum atomic E-state index is 0.312. The molecule has 1 aliphatic rings. The molecule has 0 spiro atoms. The fourth-order valence-corrected chi connectivity index (χ4v) is 2.40. The number of hydrogen-bond donors (Lipinski definition) is 2. The van der Waals surface area contributed by atoms with Crippen molar-refractivity contribution in [1.29, 1.82) is 0 Å². The summed E-state index contributed by atoms with van der Waals surface area (Å²) in [4.78, 5) is 6.89. The summed E-state index contributed by atoms with van der Waals surface area (Å²) in [6.07, 6.45) is 4.31. The Morgan fingerprint density at radius 1 is 1.35 bits per heavy atom. The summed E-state index contributed by atoms with van der Waals surface area (Å²) in [6.45, 7) is 5.63. The number of nitrogens with one attached hydrogen (secondary N) is 1. The number of hydrogen-bond acceptors (Lipinski definition) is 4. The third-order valence-corrected chi connectivity index (χ3v) is 3.45. The second-order valence-corrected chi connectivity index (χ2v) is 4.83. The summed E-state index contributed by atoms with van der Waals surface area (Å²) in [5, 5.41) is 15.9. The Balaban J connectivity index is 1.74. The zero-order chi connectivity index (χ0) is 12.1. The van der Waals surface area contributed by atoms with Gasteiger partial charge in [0.25, 0.3) is 0 Å². The van der Waals surface area contributed by atoms with Gasteiger partial charge in [-0.1, -0.05) is 0 Å². The number of aryl methyl sites for hydroxylation is 1. The molecule has 2 N–H and O–H groups in total. The number of H-pyrrole nitrogens is 1. The number of aliphatic hydroxyl groups is 1. The van der Waals surface area contributed by atoms with Crippen molar-refractivity contribution >= 4 is 0 Å². The number of aliphatic hydroxyl groups excluding tert-OH is 1. The molecule has 5 heteroatoms. The SMILES string of the molecule is Cc1nc(C2CCN(CCCCO)CC2)n[nH]1. The smallest absolute Gasteiger partial charge is 0.153 e. The van der Waals surface area contributed by atoms with E-state index in [1.165, 1.54) is 0 Å². The lowest BCUT2D eigenvalue weighted by molar-refractivity contribution is 0.197. The number of unbranched alkanes of at least 4 members (excludes halogenated alkanes) is 1. The topological polar surface area (TPSA) is 65.0 Å². The molecule has 2 rings (SSSR count). The van der Waals surface area contributed by atoms with Crippen molar-refractivity contribution in [3.63, 3.8) is 0 Å². The molecule has 0 unspecified atom stereocenters. The number of aromatic amines is 1. The number of piperidine rings is 1. The predicted molar refractivity (Wildman–Crippen MR) is 65.9 cm³/mol. The predicted octanol–water partition coefficient (Wildman–Crippen LogP) is 1.07. The van der Waals surface area contributed by atoms with Gasteiger partial charge < -0.3 is 10.0 Å². The fourth-order valence-electron chi connectivity index (χ4n) is 2.40. The van der Waals surface area contributed by atoms with Crippen LogP contribution in [0.25, 0.3) is 0 Å². The van der Waals surface area contributed by atoms with Crippen LogP contribution in [0.1, 0.15) is 43.3 Å². The number of nitrogens with zero attached hydrogens (tertiary/aromatic N) is 3. The van der Waals surface area contributed by atoms with E-state index in [1.807, 2.05) is 6.92 Å². The maximum absolute atomic E-state index is 8.75. The Morgan fingerprint density at radius 3 is 2.71 bits per heavy atom. The zero-order valence-electron chi connectivity index (χ0n) is 10.5. The average Bonchev–Trinajstić information content (AvgIpc) is 2.77. The monoisotopic (exact) mass is 238 g/mol. The molecule has 5 nitrogen and oxygen atoms in total. The maximum atomic E-state index is 8.75. The highest BCUT2D eigenvalue weighted by atomic mass is 16.2. The van der Waals surface area contributed by atoms with Crippen LogP contribution >= 0.6 is 0 Å². The summed E-state index contributed by atoms with van der Waals surface area (Å²) in [7, 11) is 0. The normalized spacial score (nSPS) is 18.7. The van der Waals surface area contributed by atoms with Gasteiger partial charge in [0, 0.05) is 12.5 Å². The molecule has 0 radical (unpaired) electrons. The molecule has 1 aromatic rings. The van der Waals surface area contributed by atoms with Crippen LogP contribution in [0.4, 0.5) is 0 Å². The van der Waals surface area contributed by atoms with Crippen LogP contribution in [0, 0.1) is 6.92 Å². The summed E-state index contributed by atoms with van der Waals surface area (Å²) in [6, 6.07) is 0. The molecular formula is C12H22N4O. The van der Waals surface area contributed by atoms with Crippen LogP contribution in [0.15, 0.2) is 0 Å². The van der Waals surface area contributed by atoms with Crippen molar-refractivity contribution in [2.75, 3.05) is 26.2 Å². The average molecular weight is 238 g/mol. The minimum Gasteiger partial charge on any atom is -0.396 e. The highest BCUT2D eigenvalue weighted by molar-refractivity contribution is 4.98. The van der Waals surface area contributed by atoms with Crippen LogP contribution in [-0.2, 0) is 0 Å². The largest absolute Gasteiger partial charge is 0.396 e. The Bertz CT molecular complexity index is 331. The zero-order valence-corrected chi connectivity index (χ0v) is 10.5. The molecular weight excluding hydrogens is 216 g/mol. The Labute approximate surface area is 102 Å². The Hall–Kier alpha value is -0.940. The summed E-state index contributed by atoms with van der Waals surface area (Å²) in [5.74, 6) is 2.41. The molecule has 0 saturated carbocycles. The quantitative estimate of drug-likeness (QED) is 0.753. The molecule has 96 valence electrons. The van der Waals surface area contributed by atoms with Gasteiger partial charge in [0.1, 0.15) is 5.82 Å². The molecule has 0 atom stereocenters. The second-order valence-electron chi connectivity index (χ2n) is 4.83. The molecule has 0 bridgehead atoms. The number of aromatic nitrogens is 3. The van der Waals surface area contributed by atoms with Crippen molar-refractivity contribution in [1.82, 2.24) is 20.1 Å². The van der Waals surface area contributed by atoms with Gasteiger partial charge in [-0.25, -0.2) is 4.98 Å². The summed E-state index contributed by atoms with van der Waals surface area (Å²) in [5.41, 5.74) is 0. The minimum absolute atomic E-state index is 0.312. The highest BCUT2D eigenvalue weighted by Crippen LogP contribution is 2.25. The molecule has 0 aliphatic carbocycles. The van der Waals surface area contributed by atoms with Crippen molar-refractivity contribution in [2.24, 2.45) is 0 Å². The van der Waals surface area contributed by atoms with Crippen LogP contribution < -0.4 is 0 Å². The van der Waals surface area contributed by atoms with E-state index in [9.17, 15) is 0 Å². The molecule has 17 heavy (non-hydrogen) atoms. The second kappa shape index (κ2) is 6.12. The van der Waals surface area contributed by atoms with E-state index in [4.69, 9.17) is 5.11 Å². The first-order valence-electron chi connectivity index (χ1n) is 6.51. The van der Waals surface area contributed by atoms with Crippen LogP contribution in [0.5, 0.6) is 0 Å². The third-order valence-electron chi connectivity index (χ3n) is 3.45. The van der Waals surface area contributed by atoms with Crippen molar-refractivity contribution < 1.29 is 5.11 Å². The highest BCUT2D eigenvalue weighted by Gasteiger charge is 2.22. The van der Waals surface area contributed by atoms with E-state index in [2.05, 4.69) is 20.1 Å². The number of rotatable bonds is 5. The van der Waals surface area contributed by atoms with Gasteiger partial charge in [0.2, 0.25) is 0 Å². The van der Waals surface area contributed by atoms with E-state index < -0.39 is 0 Å². The van der Waals surface area contributed by atoms with Gasteiger partial charge >= 0.3 is 0 Å². The lowest BCUT2D eigenvalue weighted by atomic mass is 9.96. The fraction of sp³-hybridized carbons (Fsp3) is 0.833. The lowest BCUT2D eigenvalue weighted by Crippen LogP contribution is -2.34. The first-order valence-corrected chi connectivity index (χ1v) is 6.51. The molecule has 2 heterocycles. The van der Waals surface area contributed by atoms with Crippen molar-refractivity contribution in [3.05, 3.63) is 11.6 Å². The third kappa shape index (κ3) is 3.51. The maximum Gasteiger partial charge on any atom is 0.153 e. The summed E-state index contributed by atoms with van der Waals surface area (Å²) >= 11 is 0. The molecule has 1 aliphatic heterocycles. The van der Waals surface area contributed by atoms with Crippen LogP contribution in [0.3, 0.4) is 0 Å². The van der Waals surface area contributed by atoms with Gasteiger partial charge in [-0.15, -0.1) is 0 Å². The molecule has 0 amide bonds. The molecule has 1 saturated heterocycles. The molecule has 1 aromatic heterocycles. The molecule has 1 fully saturated rings. The van der Waals surface area contributed by atoms with E-state index >= 15 is 0 Å². The van der Waals surface area contributed by atoms with Gasteiger partial charge in [0.05, 0.1) is 0 Å².